The van der Waals surface area contributed by atoms with E-state index in [0.717, 1.165) is 45.0 Å². The van der Waals surface area contributed by atoms with Crippen molar-refractivity contribution >= 4 is 101 Å². The number of nitrogens with two attached hydrogens (primary N) is 3. The van der Waals surface area contributed by atoms with Crippen molar-refractivity contribution in [1.29, 1.82) is 0 Å². The van der Waals surface area contributed by atoms with Gasteiger partial charge in [0.1, 0.15) is 42.2 Å². The second-order valence-corrected chi connectivity index (χ2v) is 24.4. The van der Waals surface area contributed by atoms with E-state index in [4.69, 9.17) is 76.1 Å². The van der Waals surface area contributed by atoms with Crippen molar-refractivity contribution in [3.8, 4) is 34.3 Å². The molecule has 1 saturated heterocycles. The average molecular weight is 1310 g/mol. The Balaban J connectivity index is 0.00000177. The van der Waals surface area contributed by atoms with Crippen molar-refractivity contribution in [2.24, 2.45) is 5.11 Å². The number of amides is 3. The number of hydrogen-bond acceptors (Lipinski definition) is 25. The van der Waals surface area contributed by atoms with Crippen LogP contribution in [-0.4, -0.2) is 130 Å². The fourth-order valence-corrected chi connectivity index (χ4v) is 12.0. The lowest BCUT2D eigenvalue weighted by molar-refractivity contribution is -0.172. The summed E-state index contributed by atoms with van der Waals surface area (Å²) in [5, 5.41) is 19.0. The average Bonchev–Trinajstić information content (AvgIpc) is 2.71. The molecule has 2 aromatic carbocycles. The topological polar surface area (TPSA) is 535 Å². The Morgan fingerprint density at radius 1 is 0.929 bits per heavy atom. The fraction of sp³-hybridized carbons (Fsp3) is 0.372. The SMILES string of the molecule is Cc1ccc(C(=O)NCCSSCOCCCCCNC(=O)NCC#Cc2cn([C@H]3CC(OCN=[N+]=[N-])[C@@H](COP(=O)(O)OP(=O)(O)OP(=O)(O)O)O3)c(=O)nc2N)cc1-c1c2ccc(=[NH2+])cc-2oc2cc(N)ccc12.O=S(=O)=O.O=S(=O)=O. The monoisotopic (exact) mass is 1310 g/mol. The number of nitrogens with one attached hydrogen (secondary N) is 3. The van der Waals surface area contributed by atoms with Gasteiger partial charge in [-0.3, -0.25) is 19.3 Å². The van der Waals surface area contributed by atoms with E-state index in [0.29, 0.717) is 65.8 Å². The molecule has 0 radical (unpaired) electrons. The molecule has 3 aromatic rings. The second kappa shape index (κ2) is 33.8. The molecule has 3 unspecified atom stereocenters. The summed E-state index contributed by atoms with van der Waals surface area (Å²) in [6, 6.07) is 16.2. The molecule has 2 aliphatic heterocycles. The number of ether oxygens (including phenoxy) is 3. The lowest BCUT2D eigenvalue weighted by Gasteiger charge is -2.21. The molecule has 0 saturated carbocycles. The number of aryl methyl sites for hydroxylation is 1. The van der Waals surface area contributed by atoms with Crippen molar-refractivity contribution in [2.75, 3.05) is 62.7 Å². The number of nitrogen functional groups attached to an aromatic ring is 2. The van der Waals surface area contributed by atoms with Crippen molar-refractivity contribution in [2.45, 2.75) is 51.0 Å². The Bertz CT molecular complexity index is 3710. The summed E-state index contributed by atoms with van der Waals surface area (Å²) in [5.74, 6) is 6.69. The van der Waals surface area contributed by atoms with Crippen LogP contribution in [0.25, 0.3) is 43.9 Å². The van der Waals surface area contributed by atoms with Crippen molar-refractivity contribution in [3.63, 3.8) is 0 Å². The number of phosphoric ester groups is 1. The fourth-order valence-electron chi connectivity index (χ4n) is 7.38. The number of anilines is 2. The van der Waals surface area contributed by atoms with E-state index < -0.39 is 88.2 Å². The molecular weight excluding hydrogens is 1260 g/mol. The third-order valence-corrected chi connectivity index (χ3v) is 16.6. The summed E-state index contributed by atoms with van der Waals surface area (Å²) in [5.41, 5.74) is 25.1. The predicted octanol–water partition coefficient (Wildman–Crippen LogP) is 1.78. The maximum absolute atomic E-state index is 13.3. The van der Waals surface area contributed by atoms with Crippen LogP contribution in [0.5, 0.6) is 0 Å². The minimum atomic E-state index is -5.81. The quantitative estimate of drug-likeness (QED) is 0.00360. The number of unbranched alkanes of at least 4 members (excludes halogenated alkanes) is 2. The zero-order valence-corrected chi connectivity index (χ0v) is 49.4. The first kappa shape index (κ1) is 69.9. The van der Waals surface area contributed by atoms with Gasteiger partial charge in [0.25, 0.3) is 5.91 Å². The van der Waals surface area contributed by atoms with Crippen LogP contribution in [0.3, 0.4) is 0 Å². The van der Waals surface area contributed by atoms with Crippen LogP contribution in [0.4, 0.5) is 16.3 Å². The van der Waals surface area contributed by atoms with Gasteiger partial charge in [0.05, 0.1) is 30.9 Å². The van der Waals surface area contributed by atoms with E-state index >= 15 is 0 Å². The lowest BCUT2D eigenvalue weighted by atomic mass is 9.90. The van der Waals surface area contributed by atoms with Gasteiger partial charge in [-0.05, 0) is 73.2 Å². The first-order valence-electron chi connectivity index (χ1n) is 23.6. The third-order valence-electron chi connectivity index (χ3n) is 10.7. The molecule has 13 N–H and O–H groups in total. The number of hydrogen-bond donors (Lipinski definition) is 10. The largest absolute Gasteiger partial charge is 0.490 e. The van der Waals surface area contributed by atoms with E-state index in [1.807, 2.05) is 43.3 Å². The highest BCUT2D eigenvalue weighted by Gasteiger charge is 2.44. The molecule has 1 fully saturated rings. The van der Waals surface area contributed by atoms with Gasteiger partial charge in [-0.25, -0.2) is 23.3 Å². The molecule has 3 amide bonds. The molecule has 3 aliphatic rings. The van der Waals surface area contributed by atoms with E-state index in [1.165, 1.54) is 17.0 Å². The zero-order chi connectivity index (χ0) is 62.2. The minimum absolute atomic E-state index is 0.0502. The summed E-state index contributed by atoms with van der Waals surface area (Å²) in [6.07, 6.45) is -0.396. The molecule has 5 atom stereocenters. The number of azide groups is 1. The maximum atomic E-state index is 13.3. The third kappa shape index (κ3) is 24.6. The van der Waals surface area contributed by atoms with Crippen LogP contribution in [0.1, 0.15) is 53.4 Å². The van der Waals surface area contributed by atoms with Crippen LogP contribution in [-0.2, 0) is 62.3 Å². The summed E-state index contributed by atoms with van der Waals surface area (Å²) >= 11 is 0. The summed E-state index contributed by atoms with van der Waals surface area (Å²) in [4.78, 5) is 81.5. The van der Waals surface area contributed by atoms with Gasteiger partial charge in [-0.2, -0.15) is 13.6 Å². The van der Waals surface area contributed by atoms with Crippen molar-refractivity contribution in [1.82, 2.24) is 25.5 Å². The summed E-state index contributed by atoms with van der Waals surface area (Å²) in [7, 11) is -20.1. The van der Waals surface area contributed by atoms with Crippen LogP contribution >= 0.6 is 45.1 Å². The Hall–Kier alpha value is -6.55. The number of rotatable bonds is 26. The van der Waals surface area contributed by atoms with E-state index in [2.05, 4.69) is 55.9 Å². The number of carbonyl (C=O) groups is 2. The number of nitrogens with zero attached hydrogens (tertiary/aromatic N) is 5. The van der Waals surface area contributed by atoms with Crippen molar-refractivity contribution < 1.29 is 105 Å². The van der Waals surface area contributed by atoms with Gasteiger partial charge >= 0.3 is 56.4 Å². The van der Waals surface area contributed by atoms with Crippen LogP contribution in [0.15, 0.2) is 75.1 Å². The normalized spacial score (nSPS) is 15.9. The smallest absolute Gasteiger partial charge is 0.456 e. The highest BCUT2D eigenvalue weighted by molar-refractivity contribution is 8.76. The minimum Gasteiger partial charge on any atom is -0.456 e. The lowest BCUT2D eigenvalue weighted by Crippen LogP contribution is -2.44. The number of urea groups is 1. The first-order chi connectivity index (χ1) is 39.6. The number of benzene rings is 3. The van der Waals surface area contributed by atoms with Gasteiger partial charge in [-0.15, -0.1) is 25.3 Å². The van der Waals surface area contributed by atoms with Crippen LogP contribution < -0.4 is 43.9 Å². The Morgan fingerprint density at radius 2 is 1.65 bits per heavy atom. The summed E-state index contributed by atoms with van der Waals surface area (Å²) in [6.45, 7) is 1.75. The van der Waals surface area contributed by atoms with E-state index in [1.54, 1.807) is 29.0 Å². The van der Waals surface area contributed by atoms with Gasteiger partial charge in [0, 0.05) is 82.9 Å². The second-order valence-electron chi connectivity index (χ2n) is 16.7. The molecule has 84 heavy (non-hydrogen) atoms. The zero-order valence-electron chi connectivity index (χ0n) is 43.5. The van der Waals surface area contributed by atoms with Gasteiger partial charge in [0.2, 0.25) is 0 Å². The molecule has 6 rings (SSSR count). The van der Waals surface area contributed by atoms with Crippen molar-refractivity contribution in [3.05, 3.63) is 104 Å². The molecule has 0 spiro atoms. The predicted molar refractivity (Wildman–Crippen MR) is 297 cm³/mol. The highest BCUT2D eigenvalue weighted by Crippen LogP contribution is 2.66. The standard InChI is InChI=1S/C43H52N11O17P3S2.2O3S/c1-26-7-8-27(18-33(26)39-31-11-9-29(44)19-34(31)68-35-20-30(45)10-12-32(35)39)41(55)48-15-17-75-76-25-65-16-4-2-3-13-49-42(56)50-14-5-6-28-22-54(43(57)52-40(28)46)38-21-36(66-24-51-53-47)37(69-38)23-67-73(61,62)71-74(63,64)70-72(58,59)60;2*1-4(2)3/h7-12,18-20,22,36-38,44H,2-4,13-17,21,23-25,45H2,1H3,(H,48,55)(H,61,62)(H,63,64)(H2,46,52,57)(H2,49,50,56)(H2,58,59,60);;/p+1/t36?,37-,38-;;/m1../s1. The number of carbonyl (C=O) groups excluding carboxylic acids is 2. The number of aromatic nitrogens is 2. The highest BCUT2D eigenvalue weighted by atomic mass is 33.1. The molecule has 1 aliphatic carbocycles. The van der Waals surface area contributed by atoms with Crippen LogP contribution in [0, 0.1) is 18.8 Å². The molecule has 41 heteroatoms. The van der Waals surface area contributed by atoms with Gasteiger partial charge in [-0.1, -0.05) is 44.6 Å². The first-order valence-corrected chi connectivity index (χ1v) is 32.6. The molecule has 456 valence electrons. The molecule has 3 heterocycles. The summed E-state index contributed by atoms with van der Waals surface area (Å²) < 4.78 is 122. The van der Waals surface area contributed by atoms with E-state index in [9.17, 15) is 37.9 Å². The number of fused-ring (bicyclic) bond motifs is 2. The molecule has 34 nitrogen and oxygen atoms in total. The van der Waals surface area contributed by atoms with Gasteiger partial charge in [0.15, 0.2) is 5.36 Å². The molecule has 0 bridgehead atoms. The Morgan fingerprint density at radius 3 is 2.36 bits per heavy atom. The molecule has 1 aromatic heterocycles. The van der Waals surface area contributed by atoms with Crippen LogP contribution in [0.2, 0.25) is 0 Å². The molecular formula is C43H53N11O23P3S4+. The maximum Gasteiger partial charge on any atom is 0.490 e. The number of phosphoric acid groups is 3. The Labute approximate surface area is 486 Å². The Kier molecular flexibility index (Phi) is 28.2. The van der Waals surface area contributed by atoms with E-state index in [-0.39, 0.29) is 30.3 Å². The van der Waals surface area contributed by atoms with Gasteiger partial charge < -0.3 is 65.6 Å².